The summed E-state index contributed by atoms with van der Waals surface area (Å²) >= 11 is 1.55. The number of nitrogens with one attached hydrogen (secondary N) is 1. The van der Waals surface area contributed by atoms with Crippen molar-refractivity contribution >= 4 is 27.7 Å². The molecular weight excluding hydrogens is 368 g/mol. The van der Waals surface area contributed by atoms with Gasteiger partial charge in [0.2, 0.25) is 15.9 Å². The van der Waals surface area contributed by atoms with Crippen LogP contribution in [0.3, 0.4) is 0 Å². The van der Waals surface area contributed by atoms with E-state index in [-0.39, 0.29) is 16.1 Å². The number of rotatable bonds is 7. The van der Waals surface area contributed by atoms with Crippen molar-refractivity contribution in [2.24, 2.45) is 5.14 Å². The average molecular weight is 393 g/mol. The average Bonchev–Trinajstić information content (AvgIpc) is 2.57. The third-order valence-corrected chi connectivity index (χ3v) is 6.18. The highest BCUT2D eigenvalue weighted by Crippen LogP contribution is 2.27. The van der Waals surface area contributed by atoms with Gasteiger partial charge in [0.15, 0.2) is 0 Å². The number of thioether (sulfide) groups is 1. The second-order valence-electron chi connectivity index (χ2n) is 6.26. The molecule has 0 saturated carbocycles. The number of aryl methyl sites for hydroxylation is 2. The zero-order chi connectivity index (χ0) is 19.3. The largest absolute Gasteiger partial charge is 0.355 e. The molecule has 1 amide bonds. The molecule has 0 radical (unpaired) electrons. The summed E-state index contributed by atoms with van der Waals surface area (Å²) in [4.78, 5) is 13.5. The van der Waals surface area contributed by atoms with Gasteiger partial charge in [-0.15, -0.1) is 11.8 Å². The maximum absolute atomic E-state index is 12.3. The zero-order valence-corrected chi connectivity index (χ0v) is 16.8. The molecule has 0 aliphatic rings. The quantitative estimate of drug-likeness (QED) is 0.709. The number of sulfonamides is 1. The van der Waals surface area contributed by atoms with Gasteiger partial charge in [0.1, 0.15) is 0 Å². The molecule has 0 aromatic heterocycles. The Morgan fingerprint density at radius 3 is 2.38 bits per heavy atom. The molecular formula is C19H24N2O3S2. The van der Waals surface area contributed by atoms with Crippen LogP contribution in [-0.4, -0.2) is 26.1 Å². The van der Waals surface area contributed by atoms with Crippen molar-refractivity contribution in [3.05, 3.63) is 59.2 Å². The molecule has 2 aromatic rings. The number of benzene rings is 2. The van der Waals surface area contributed by atoms with Crippen LogP contribution in [0.25, 0.3) is 0 Å². The number of hydrogen-bond acceptors (Lipinski definition) is 4. The van der Waals surface area contributed by atoms with Crippen molar-refractivity contribution in [2.45, 2.75) is 42.2 Å². The molecule has 2 aromatic carbocycles. The maximum Gasteiger partial charge on any atom is 0.238 e. The van der Waals surface area contributed by atoms with E-state index in [2.05, 4.69) is 11.4 Å². The van der Waals surface area contributed by atoms with E-state index < -0.39 is 10.0 Å². The Balaban J connectivity index is 1.84. The van der Waals surface area contributed by atoms with Crippen molar-refractivity contribution < 1.29 is 13.2 Å². The minimum Gasteiger partial charge on any atom is -0.355 e. The topological polar surface area (TPSA) is 89.3 Å². The molecule has 0 spiro atoms. The molecule has 2 rings (SSSR count). The molecule has 5 nitrogen and oxygen atoms in total. The molecule has 7 heteroatoms. The lowest BCUT2D eigenvalue weighted by atomic mass is 10.1. The summed E-state index contributed by atoms with van der Waals surface area (Å²) in [7, 11) is -3.67. The molecule has 0 fully saturated rings. The first-order chi connectivity index (χ1) is 12.2. The van der Waals surface area contributed by atoms with Gasteiger partial charge in [0.25, 0.3) is 0 Å². The van der Waals surface area contributed by atoms with Crippen molar-refractivity contribution in [3.8, 4) is 0 Å². The van der Waals surface area contributed by atoms with Gasteiger partial charge >= 0.3 is 0 Å². The number of nitrogens with two attached hydrogens (primary N) is 1. The maximum atomic E-state index is 12.3. The first-order valence-electron chi connectivity index (χ1n) is 8.30. The van der Waals surface area contributed by atoms with E-state index in [1.165, 1.54) is 23.3 Å². The zero-order valence-electron chi connectivity index (χ0n) is 15.2. The van der Waals surface area contributed by atoms with Crippen molar-refractivity contribution in [1.82, 2.24) is 5.32 Å². The summed E-state index contributed by atoms with van der Waals surface area (Å²) in [5.41, 5.74) is 3.31. The highest BCUT2D eigenvalue weighted by atomic mass is 32.2. The van der Waals surface area contributed by atoms with Gasteiger partial charge in [-0.3, -0.25) is 4.79 Å². The SMILES string of the molecule is Cc1ccc(S[C@@H](C)C(=O)NCCc2ccc(S(N)(=O)=O)cc2)c(C)c1. The van der Waals surface area contributed by atoms with Gasteiger partial charge in [0.05, 0.1) is 10.1 Å². The highest BCUT2D eigenvalue weighted by molar-refractivity contribution is 8.00. The number of hydrogen-bond donors (Lipinski definition) is 2. The second kappa shape index (κ2) is 8.70. The van der Waals surface area contributed by atoms with E-state index in [0.29, 0.717) is 13.0 Å². The fraction of sp³-hybridized carbons (Fsp3) is 0.316. The third kappa shape index (κ3) is 5.86. The Bertz CT molecular complexity index is 878. The predicted octanol–water partition coefficient (Wildman–Crippen LogP) is 2.79. The smallest absolute Gasteiger partial charge is 0.238 e. The molecule has 0 unspecified atom stereocenters. The Hall–Kier alpha value is -1.83. The summed E-state index contributed by atoms with van der Waals surface area (Å²) in [5, 5.41) is 7.81. The molecule has 26 heavy (non-hydrogen) atoms. The van der Waals surface area contributed by atoms with Crippen molar-refractivity contribution in [2.75, 3.05) is 6.54 Å². The van der Waals surface area contributed by atoms with E-state index in [9.17, 15) is 13.2 Å². The van der Waals surface area contributed by atoms with Gasteiger partial charge in [-0.1, -0.05) is 29.8 Å². The summed E-state index contributed by atoms with van der Waals surface area (Å²) in [5.74, 6) is -0.0175. The number of carbonyl (C=O) groups is 1. The van der Waals surface area contributed by atoms with Crippen LogP contribution in [0.1, 0.15) is 23.6 Å². The fourth-order valence-corrected chi connectivity index (χ4v) is 3.97. The minimum absolute atomic E-state index is 0.0175. The first-order valence-corrected chi connectivity index (χ1v) is 10.7. The minimum atomic E-state index is -3.67. The summed E-state index contributed by atoms with van der Waals surface area (Å²) in [6, 6.07) is 12.6. The summed E-state index contributed by atoms with van der Waals surface area (Å²) < 4.78 is 22.5. The van der Waals surface area contributed by atoms with Crippen LogP contribution in [-0.2, 0) is 21.2 Å². The Kier molecular flexibility index (Phi) is 6.86. The molecule has 0 aliphatic carbocycles. The second-order valence-corrected chi connectivity index (χ2v) is 9.20. The monoisotopic (exact) mass is 392 g/mol. The van der Waals surface area contributed by atoms with Gasteiger partial charge < -0.3 is 5.32 Å². The lowest BCUT2D eigenvalue weighted by molar-refractivity contribution is -0.120. The lowest BCUT2D eigenvalue weighted by Gasteiger charge is -2.14. The first kappa shape index (κ1) is 20.5. The van der Waals surface area contributed by atoms with Gasteiger partial charge in [-0.25, -0.2) is 13.6 Å². The lowest BCUT2D eigenvalue weighted by Crippen LogP contribution is -2.32. The van der Waals surface area contributed by atoms with Crippen LogP contribution in [0.2, 0.25) is 0 Å². The normalized spacial score (nSPS) is 12.6. The summed E-state index contributed by atoms with van der Waals surface area (Å²) in [6.45, 7) is 6.48. The van der Waals surface area contributed by atoms with E-state index in [1.807, 2.05) is 32.9 Å². The van der Waals surface area contributed by atoms with E-state index in [1.54, 1.807) is 23.9 Å². The third-order valence-electron chi connectivity index (χ3n) is 3.97. The highest BCUT2D eigenvalue weighted by Gasteiger charge is 2.15. The van der Waals surface area contributed by atoms with Crippen LogP contribution >= 0.6 is 11.8 Å². The number of carbonyl (C=O) groups excluding carboxylic acids is 1. The predicted molar refractivity (Wildman–Crippen MR) is 106 cm³/mol. The summed E-state index contributed by atoms with van der Waals surface area (Å²) in [6.07, 6.45) is 0.623. The van der Waals surface area contributed by atoms with Crippen LogP contribution < -0.4 is 10.5 Å². The molecule has 0 saturated heterocycles. The number of amides is 1. The van der Waals surface area contributed by atoms with Crippen molar-refractivity contribution in [1.29, 1.82) is 0 Å². The van der Waals surface area contributed by atoms with E-state index in [0.717, 1.165) is 10.5 Å². The fourth-order valence-electron chi connectivity index (χ4n) is 2.50. The molecule has 0 bridgehead atoms. The van der Waals surface area contributed by atoms with Crippen LogP contribution in [0, 0.1) is 13.8 Å². The van der Waals surface area contributed by atoms with Crippen LogP contribution in [0.4, 0.5) is 0 Å². The molecule has 1 atom stereocenters. The van der Waals surface area contributed by atoms with Gasteiger partial charge in [-0.2, -0.15) is 0 Å². The van der Waals surface area contributed by atoms with Crippen LogP contribution in [0.5, 0.6) is 0 Å². The van der Waals surface area contributed by atoms with Gasteiger partial charge in [-0.05, 0) is 56.5 Å². The van der Waals surface area contributed by atoms with Gasteiger partial charge in [0, 0.05) is 11.4 Å². The van der Waals surface area contributed by atoms with Crippen LogP contribution in [0.15, 0.2) is 52.3 Å². The molecule has 0 heterocycles. The van der Waals surface area contributed by atoms with E-state index in [4.69, 9.17) is 5.14 Å². The number of primary sulfonamides is 1. The standard InChI is InChI=1S/C19H24N2O3S2/c1-13-4-9-18(14(2)12-13)25-15(3)19(22)21-11-10-16-5-7-17(8-6-16)26(20,23)24/h4-9,12,15H,10-11H2,1-3H3,(H,21,22)(H2,20,23,24)/t15-/m0/s1. The molecule has 3 N–H and O–H groups in total. The molecule has 140 valence electrons. The Labute approximate surface area is 159 Å². The van der Waals surface area contributed by atoms with E-state index >= 15 is 0 Å². The van der Waals surface area contributed by atoms with Crippen molar-refractivity contribution in [3.63, 3.8) is 0 Å². The Morgan fingerprint density at radius 1 is 1.15 bits per heavy atom. The Morgan fingerprint density at radius 2 is 1.81 bits per heavy atom. The molecule has 0 aliphatic heterocycles.